The van der Waals surface area contributed by atoms with Gasteiger partial charge in [0, 0.05) is 39.7 Å². The summed E-state index contributed by atoms with van der Waals surface area (Å²) in [6, 6.07) is 0.206. The molecule has 0 saturated carbocycles. The number of nitrogens with zero attached hydrogens (tertiary/aromatic N) is 5. The molecule has 1 aromatic rings. The van der Waals surface area contributed by atoms with Crippen molar-refractivity contribution in [2.45, 2.75) is 50.8 Å². The summed E-state index contributed by atoms with van der Waals surface area (Å²) in [5, 5.41) is 11.0. The van der Waals surface area contributed by atoms with E-state index in [4.69, 9.17) is 4.74 Å². The Morgan fingerprint density at radius 2 is 2.31 bits per heavy atom. The normalized spacial score (nSPS) is 23.2. The second kappa shape index (κ2) is 8.98. The standard InChI is InChI=1S/C17H29N7O2/c1-23(2)16(25)10-19-17(18-9-14-5-3-4-8-26-14)22-13-6-7-15-20-12-21-24(15)11-13/h12-14H,3-11H2,1-2H3,(H2,18,19,22). The summed E-state index contributed by atoms with van der Waals surface area (Å²) in [4.78, 5) is 22.2. The van der Waals surface area contributed by atoms with E-state index >= 15 is 0 Å². The quantitative estimate of drug-likeness (QED) is 0.555. The Bertz CT molecular complexity index is 622. The summed E-state index contributed by atoms with van der Waals surface area (Å²) in [7, 11) is 3.48. The van der Waals surface area contributed by atoms with Gasteiger partial charge in [-0.25, -0.2) is 14.7 Å². The third-order valence-electron chi connectivity index (χ3n) is 4.79. The average molecular weight is 363 g/mol. The van der Waals surface area contributed by atoms with Crippen molar-refractivity contribution in [1.82, 2.24) is 30.3 Å². The number of nitrogens with one attached hydrogen (secondary N) is 2. The molecular weight excluding hydrogens is 334 g/mol. The maximum absolute atomic E-state index is 11.9. The molecule has 9 heteroatoms. The van der Waals surface area contributed by atoms with Crippen LogP contribution in [-0.2, 0) is 22.5 Å². The van der Waals surface area contributed by atoms with E-state index in [1.54, 1.807) is 25.3 Å². The lowest BCUT2D eigenvalue weighted by Crippen LogP contribution is -2.49. The predicted molar refractivity (Wildman–Crippen MR) is 97.9 cm³/mol. The zero-order chi connectivity index (χ0) is 18.4. The van der Waals surface area contributed by atoms with Gasteiger partial charge in [0.2, 0.25) is 5.91 Å². The fourth-order valence-corrected chi connectivity index (χ4v) is 3.17. The summed E-state index contributed by atoms with van der Waals surface area (Å²) in [6.45, 7) is 2.39. The highest BCUT2D eigenvalue weighted by Crippen LogP contribution is 2.12. The molecule has 2 unspecified atom stereocenters. The minimum absolute atomic E-state index is 0.0257. The molecule has 0 radical (unpaired) electrons. The highest BCUT2D eigenvalue weighted by atomic mass is 16.5. The van der Waals surface area contributed by atoms with Gasteiger partial charge in [0.25, 0.3) is 0 Å². The van der Waals surface area contributed by atoms with Crippen molar-refractivity contribution in [3.8, 4) is 0 Å². The molecule has 2 atom stereocenters. The number of aryl methyl sites for hydroxylation is 1. The zero-order valence-electron chi connectivity index (χ0n) is 15.6. The highest BCUT2D eigenvalue weighted by Gasteiger charge is 2.21. The maximum Gasteiger partial charge on any atom is 0.243 e. The molecular formula is C17H29N7O2. The van der Waals surface area contributed by atoms with Crippen LogP contribution in [-0.4, -0.2) is 77.5 Å². The van der Waals surface area contributed by atoms with Crippen LogP contribution in [0.5, 0.6) is 0 Å². The highest BCUT2D eigenvalue weighted by molar-refractivity contribution is 5.84. The number of guanidine groups is 1. The van der Waals surface area contributed by atoms with Crippen LogP contribution in [0.25, 0.3) is 0 Å². The van der Waals surface area contributed by atoms with E-state index in [1.165, 1.54) is 6.42 Å². The first-order valence-corrected chi connectivity index (χ1v) is 9.35. The van der Waals surface area contributed by atoms with E-state index in [0.717, 1.165) is 44.7 Å². The maximum atomic E-state index is 11.9. The molecule has 0 spiro atoms. The lowest BCUT2D eigenvalue weighted by atomic mass is 10.1. The number of rotatable bonds is 5. The van der Waals surface area contributed by atoms with Crippen molar-refractivity contribution >= 4 is 11.9 Å². The van der Waals surface area contributed by atoms with Crippen molar-refractivity contribution in [2.75, 3.05) is 33.8 Å². The number of carbonyl (C=O) groups is 1. The first-order valence-electron chi connectivity index (χ1n) is 9.35. The van der Waals surface area contributed by atoms with Crippen LogP contribution in [0.1, 0.15) is 31.5 Å². The van der Waals surface area contributed by atoms with Gasteiger partial charge in [0.15, 0.2) is 5.96 Å². The fourth-order valence-electron chi connectivity index (χ4n) is 3.17. The van der Waals surface area contributed by atoms with Crippen molar-refractivity contribution in [3.63, 3.8) is 0 Å². The molecule has 2 aliphatic rings. The van der Waals surface area contributed by atoms with Gasteiger partial charge in [-0.05, 0) is 25.7 Å². The number of carbonyl (C=O) groups excluding carboxylic acids is 1. The average Bonchev–Trinajstić information content (AvgIpc) is 3.12. The van der Waals surface area contributed by atoms with E-state index in [-0.39, 0.29) is 24.6 Å². The van der Waals surface area contributed by atoms with Crippen LogP contribution in [0.3, 0.4) is 0 Å². The Kier molecular flexibility index (Phi) is 6.43. The summed E-state index contributed by atoms with van der Waals surface area (Å²) in [5.74, 6) is 1.65. The Morgan fingerprint density at radius 3 is 3.08 bits per heavy atom. The lowest BCUT2D eigenvalue weighted by Gasteiger charge is -2.27. The molecule has 1 amide bonds. The van der Waals surface area contributed by atoms with Gasteiger partial charge < -0.3 is 20.3 Å². The number of ether oxygens (including phenoxy) is 1. The molecule has 26 heavy (non-hydrogen) atoms. The number of amides is 1. The number of fused-ring (bicyclic) bond motifs is 1. The van der Waals surface area contributed by atoms with Crippen LogP contribution in [0.4, 0.5) is 0 Å². The predicted octanol–water partition coefficient (Wildman–Crippen LogP) is -0.215. The number of likely N-dealkylation sites (N-methyl/N-ethyl adjacent to an activating group) is 1. The molecule has 1 saturated heterocycles. The minimum atomic E-state index is -0.0257. The fraction of sp³-hybridized carbons (Fsp3) is 0.765. The van der Waals surface area contributed by atoms with Crippen molar-refractivity contribution in [3.05, 3.63) is 12.2 Å². The van der Waals surface area contributed by atoms with E-state index in [9.17, 15) is 4.79 Å². The molecule has 0 aromatic carbocycles. The van der Waals surface area contributed by atoms with Crippen molar-refractivity contribution in [1.29, 1.82) is 0 Å². The van der Waals surface area contributed by atoms with Crippen molar-refractivity contribution < 1.29 is 9.53 Å². The molecule has 0 bridgehead atoms. The summed E-state index contributed by atoms with van der Waals surface area (Å²) in [6.07, 6.45) is 7.03. The number of hydrogen-bond donors (Lipinski definition) is 2. The summed E-state index contributed by atoms with van der Waals surface area (Å²) in [5.41, 5.74) is 0. The SMILES string of the molecule is CN(C)C(=O)CN=C(NCC1CCCCO1)NC1CCc2ncnn2C1. The van der Waals surface area contributed by atoms with E-state index in [0.29, 0.717) is 12.5 Å². The molecule has 0 aliphatic carbocycles. The van der Waals surface area contributed by atoms with Crippen LogP contribution < -0.4 is 10.6 Å². The molecule has 3 heterocycles. The Hall–Kier alpha value is -2.16. The first kappa shape index (κ1) is 18.6. The largest absolute Gasteiger partial charge is 0.376 e. The van der Waals surface area contributed by atoms with Gasteiger partial charge in [-0.15, -0.1) is 0 Å². The topological polar surface area (TPSA) is 96.7 Å². The minimum Gasteiger partial charge on any atom is -0.376 e. The second-order valence-electron chi connectivity index (χ2n) is 7.06. The van der Waals surface area contributed by atoms with E-state index in [2.05, 4.69) is 25.7 Å². The Morgan fingerprint density at radius 1 is 1.42 bits per heavy atom. The molecule has 9 nitrogen and oxygen atoms in total. The van der Waals surface area contributed by atoms with Gasteiger partial charge in [-0.1, -0.05) is 0 Å². The summed E-state index contributed by atoms with van der Waals surface area (Å²) >= 11 is 0. The Balaban J connectivity index is 1.58. The monoisotopic (exact) mass is 363 g/mol. The third kappa shape index (κ3) is 5.17. The molecule has 2 aliphatic heterocycles. The lowest BCUT2D eigenvalue weighted by molar-refractivity contribution is -0.127. The molecule has 144 valence electrons. The van der Waals surface area contributed by atoms with Crippen LogP contribution >= 0.6 is 0 Å². The first-order chi connectivity index (χ1) is 12.6. The van der Waals surface area contributed by atoms with E-state index < -0.39 is 0 Å². The Labute approximate surface area is 154 Å². The second-order valence-corrected chi connectivity index (χ2v) is 7.06. The number of aliphatic imine (C=N–C) groups is 1. The van der Waals surface area contributed by atoms with Gasteiger partial charge in [-0.3, -0.25) is 4.79 Å². The van der Waals surface area contributed by atoms with Crippen molar-refractivity contribution in [2.24, 2.45) is 4.99 Å². The van der Waals surface area contributed by atoms with Gasteiger partial charge in [-0.2, -0.15) is 5.10 Å². The zero-order valence-corrected chi connectivity index (χ0v) is 15.6. The van der Waals surface area contributed by atoms with E-state index in [1.807, 2.05) is 4.68 Å². The molecule has 2 N–H and O–H groups in total. The van der Waals surface area contributed by atoms with Gasteiger partial charge in [0.1, 0.15) is 18.7 Å². The van der Waals surface area contributed by atoms with Crippen LogP contribution in [0, 0.1) is 0 Å². The van der Waals surface area contributed by atoms with Gasteiger partial charge >= 0.3 is 0 Å². The molecule has 1 fully saturated rings. The number of hydrogen-bond acceptors (Lipinski definition) is 5. The smallest absolute Gasteiger partial charge is 0.243 e. The van der Waals surface area contributed by atoms with Crippen LogP contribution in [0.2, 0.25) is 0 Å². The number of aromatic nitrogens is 3. The van der Waals surface area contributed by atoms with Gasteiger partial charge in [0.05, 0.1) is 12.6 Å². The third-order valence-corrected chi connectivity index (χ3v) is 4.79. The molecule has 1 aromatic heterocycles. The molecule has 3 rings (SSSR count). The summed E-state index contributed by atoms with van der Waals surface area (Å²) < 4.78 is 7.70. The van der Waals surface area contributed by atoms with Crippen LogP contribution in [0.15, 0.2) is 11.3 Å².